The molecule has 9 heteroatoms. The minimum atomic E-state index is -4.29. The van der Waals surface area contributed by atoms with Crippen LogP contribution in [0.3, 0.4) is 0 Å². The van der Waals surface area contributed by atoms with Gasteiger partial charge in [-0.2, -0.15) is 0 Å². The summed E-state index contributed by atoms with van der Waals surface area (Å²) in [6.45, 7) is 4.60. The van der Waals surface area contributed by atoms with Crippen molar-refractivity contribution in [2.24, 2.45) is 0 Å². The molecule has 0 fully saturated rings. The number of hydrogen-bond acceptors (Lipinski definition) is 5. The van der Waals surface area contributed by atoms with Crippen LogP contribution in [-0.4, -0.2) is 73.4 Å². The fourth-order valence-electron chi connectivity index (χ4n) is 6.54. The van der Waals surface area contributed by atoms with Crippen LogP contribution in [0.1, 0.15) is 194 Å². The first-order chi connectivity index (χ1) is 28.0. The summed E-state index contributed by atoms with van der Waals surface area (Å²) in [5.74, 6) is -0.157. The van der Waals surface area contributed by atoms with Gasteiger partial charge in [0.2, 0.25) is 5.91 Å². The fraction of sp³-hybridized carbons (Fsp3) is 0.776. The van der Waals surface area contributed by atoms with E-state index < -0.39 is 20.0 Å². The minimum absolute atomic E-state index is 0.0721. The molecule has 0 rings (SSSR count). The van der Waals surface area contributed by atoms with Crippen LogP contribution in [0.25, 0.3) is 0 Å². The van der Waals surface area contributed by atoms with Crippen molar-refractivity contribution in [3.8, 4) is 0 Å². The van der Waals surface area contributed by atoms with E-state index in [0.717, 1.165) is 70.6 Å². The van der Waals surface area contributed by atoms with E-state index in [9.17, 15) is 19.4 Å². The van der Waals surface area contributed by atoms with Crippen LogP contribution < -0.4 is 5.32 Å². The van der Waals surface area contributed by atoms with Crippen molar-refractivity contribution in [3.05, 3.63) is 60.8 Å². The average molecular weight is 836 g/mol. The normalized spacial score (nSPS) is 14.8. The summed E-state index contributed by atoms with van der Waals surface area (Å²) in [7, 11) is 1.61. The number of aliphatic hydroxyl groups excluding tert-OH is 1. The number of nitrogens with one attached hydrogen (secondary N) is 1. The van der Waals surface area contributed by atoms with Crippen molar-refractivity contribution in [1.82, 2.24) is 5.32 Å². The van der Waals surface area contributed by atoms with Crippen LogP contribution in [0.2, 0.25) is 0 Å². The van der Waals surface area contributed by atoms with E-state index in [0.29, 0.717) is 23.9 Å². The van der Waals surface area contributed by atoms with Crippen LogP contribution >= 0.6 is 7.82 Å². The lowest BCUT2D eigenvalue weighted by molar-refractivity contribution is -0.870. The number of unbranched alkanes of at least 4 members (excludes halogenated alkanes) is 19. The maximum atomic E-state index is 12.7. The molecular weight excluding hydrogens is 744 g/mol. The zero-order valence-electron chi connectivity index (χ0n) is 38.3. The number of phosphoric ester groups is 1. The van der Waals surface area contributed by atoms with E-state index in [4.69, 9.17) is 9.05 Å². The Morgan fingerprint density at radius 3 is 1.48 bits per heavy atom. The number of likely N-dealkylation sites (N-methyl/N-ethyl adjacent to an activating group) is 1. The van der Waals surface area contributed by atoms with Gasteiger partial charge in [0.05, 0.1) is 39.9 Å². The van der Waals surface area contributed by atoms with Crippen molar-refractivity contribution in [3.63, 3.8) is 0 Å². The predicted molar refractivity (Wildman–Crippen MR) is 249 cm³/mol. The van der Waals surface area contributed by atoms with Gasteiger partial charge < -0.3 is 19.8 Å². The Balaban J connectivity index is 3.76. The lowest BCUT2D eigenvalue weighted by Crippen LogP contribution is -2.46. The van der Waals surface area contributed by atoms with Gasteiger partial charge in [0.15, 0.2) is 0 Å². The quantitative estimate of drug-likeness (QED) is 0.0245. The van der Waals surface area contributed by atoms with E-state index in [-0.39, 0.29) is 19.1 Å². The Bertz CT molecular complexity index is 1130. The Morgan fingerprint density at radius 2 is 1.03 bits per heavy atom. The SMILES string of the molecule is CC/C=C\C/C=C\C/C=C\C/C=C\C/C=C\CCCCCCCCCCCCCCCCCCCC(=O)NC(COP(=O)(O)OCC[N+](C)(C)C)C(O)CCCCC. The zero-order chi connectivity index (χ0) is 42.8. The highest BCUT2D eigenvalue weighted by Crippen LogP contribution is 2.43. The van der Waals surface area contributed by atoms with Gasteiger partial charge in [0.1, 0.15) is 13.2 Å². The second-order valence-corrected chi connectivity index (χ2v) is 18.6. The van der Waals surface area contributed by atoms with Crippen LogP contribution in [0, 0.1) is 0 Å². The number of amides is 1. The summed E-state index contributed by atoms with van der Waals surface area (Å²) < 4.78 is 23.3. The Labute approximate surface area is 358 Å². The molecule has 3 unspecified atom stereocenters. The molecule has 338 valence electrons. The molecule has 0 aromatic carbocycles. The second kappa shape index (κ2) is 40.6. The average Bonchev–Trinajstić information content (AvgIpc) is 3.17. The standard InChI is InChI=1S/C49H91N2O6P/c1-6-8-10-11-12-13-14-15-16-17-18-19-20-21-22-23-24-25-26-27-28-29-30-31-32-33-34-35-36-37-38-39-41-43-49(53)50-47(48(52)42-40-9-7-2)46-57-58(54,55)56-45-44-51(3,4)5/h8,10,12-13,15-16,18-19,21-22,47-48,52H,6-7,9,11,14,17,20,23-46H2,1-5H3,(H-,50,53,54,55)/p+1/b10-8-,13-12-,16-15-,19-18-,22-21-. The third-order valence-corrected chi connectivity index (χ3v) is 11.3. The highest BCUT2D eigenvalue weighted by atomic mass is 31.2. The number of allylic oxidation sites excluding steroid dienone is 10. The molecule has 8 nitrogen and oxygen atoms in total. The number of carbonyl (C=O) groups excluding carboxylic acids is 1. The summed E-state index contributed by atoms with van der Waals surface area (Å²) in [5.41, 5.74) is 0. The van der Waals surface area contributed by atoms with Gasteiger partial charge in [-0.3, -0.25) is 13.8 Å². The first-order valence-corrected chi connectivity index (χ1v) is 25.1. The monoisotopic (exact) mass is 836 g/mol. The van der Waals surface area contributed by atoms with Crippen molar-refractivity contribution in [2.75, 3.05) is 40.9 Å². The molecule has 0 aromatic heterocycles. The molecule has 0 aromatic rings. The van der Waals surface area contributed by atoms with E-state index in [2.05, 4.69) is 79.9 Å². The maximum Gasteiger partial charge on any atom is 0.472 e. The molecule has 0 aliphatic heterocycles. The number of quaternary nitrogens is 1. The summed E-state index contributed by atoms with van der Waals surface area (Å²) >= 11 is 0. The molecule has 0 radical (unpaired) electrons. The molecule has 0 aliphatic rings. The maximum absolute atomic E-state index is 12.7. The van der Waals surface area contributed by atoms with Crippen molar-refractivity contribution < 1.29 is 32.9 Å². The minimum Gasteiger partial charge on any atom is -0.391 e. The topological polar surface area (TPSA) is 105 Å². The Hall–Kier alpha value is -1.80. The van der Waals surface area contributed by atoms with Crippen LogP contribution in [0.4, 0.5) is 0 Å². The number of nitrogens with zero attached hydrogens (tertiary/aromatic N) is 1. The van der Waals surface area contributed by atoms with Gasteiger partial charge in [-0.25, -0.2) is 4.57 Å². The third kappa shape index (κ3) is 42.3. The smallest absolute Gasteiger partial charge is 0.391 e. The lowest BCUT2D eigenvalue weighted by Gasteiger charge is -2.26. The largest absolute Gasteiger partial charge is 0.472 e. The number of aliphatic hydroxyl groups is 1. The van der Waals surface area contributed by atoms with Gasteiger partial charge in [-0.15, -0.1) is 0 Å². The van der Waals surface area contributed by atoms with Gasteiger partial charge in [-0.1, -0.05) is 190 Å². The highest BCUT2D eigenvalue weighted by Gasteiger charge is 2.28. The first-order valence-electron chi connectivity index (χ1n) is 23.7. The van der Waals surface area contributed by atoms with E-state index >= 15 is 0 Å². The molecule has 3 atom stereocenters. The van der Waals surface area contributed by atoms with Gasteiger partial charge in [0.25, 0.3) is 0 Å². The molecule has 0 saturated carbocycles. The van der Waals surface area contributed by atoms with Crippen molar-refractivity contribution in [2.45, 2.75) is 206 Å². The van der Waals surface area contributed by atoms with E-state index in [1.807, 2.05) is 21.1 Å². The van der Waals surface area contributed by atoms with Crippen molar-refractivity contribution >= 4 is 13.7 Å². The predicted octanol–water partition coefficient (Wildman–Crippen LogP) is 13.4. The third-order valence-electron chi connectivity index (χ3n) is 10.3. The van der Waals surface area contributed by atoms with Crippen LogP contribution in [0.5, 0.6) is 0 Å². The summed E-state index contributed by atoms with van der Waals surface area (Å²) in [6, 6.07) is -0.756. The van der Waals surface area contributed by atoms with Gasteiger partial charge in [0, 0.05) is 6.42 Å². The van der Waals surface area contributed by atoms with Crippen molar-refractivity contribution in [1.29, 1.82) is 0 Å². The summed E-state index contributed by atoms with van der Waals surface area (Å²) in [6.07, 6.45) is 53.6. The number of hydrogen-bond donors (Lipinski definition) is 3. The zero-order valence-corrected chi connectivity index (χ0v) is 39.2. The van der Waals surface area contributed by atoms with Crippen LogP contribution in [0.15, 0.2) is 60.8 Å². The molecule has 0 heterocycles. The summed E-state index contributed by atoms with van der Waals surface area (Å²) in [4.78, 5) is 22.8. The molecule has 0 spiro atoms. The highest BCUT2D eigenvalue weighted by molar-refractivity contribution is 7.47. The molecule has 1 amide bonds. The Kier molecular flexibility index (Phi) is 39.3. The lowest BCUT2D eigenvalue weighted by atomic mass is 10.0. The molecule has 58 heavy (non-hydrogen) atoms. The second-order valence-electron chi connectivity index (χ2n) is 17.1. The summed E-state index contributed by atoms with van der Waals surface area (Å²) in [5, 5.41) is 13.6. The van der Waals surface area contributed by atoms with E-state index in [1.54, 1.807) is 0 Å². The molecule has 3 N–H and O–H groups in total. The Morgan fingerprint density at radius 1 is 0.603 bits per heavy atom. The van der Waals surface area contributed by atoms with Gasteiger partial charge >= 0.3 is 7.82 Å². The number of phosphoric acid groups is 1. The molecule has 0 bridgehead atoms. The molecular formula is C49H92N2O6P+. The first kappa shape index (κ1) is 56.2. The number of rotatable bonds is 42. The van der Waals surface area contributed by atoms with Crippen LogP contribution in [-0.2, 0) is 18.4 Å². The van der Waals surface area contributed by atoms with E-state index in [1.165, 1.54) is 96.3 Å². The van der Waals surface area contributed by atoms with Gasteiger partial charge in [-0.05, 0) is 57.8 Å². The molecule has 0 aliphatic carbocycles. The number of carbonyl (C=O) groups is 1. The molecule has 0 saturated heterocycles. The fourth-order valence-corrected chi connectivity index (χ4v) is 7.28.